The summed E-state index contributed by atoms with van der Waals surface area (Å²) in [6, 6.07) is 7.69. The number of piperidine rings is 1. The number of rotatable bonds is 7. The molecule has 1 aliphatic rings. The van der Waals surface area contributed by atoms with Crippen LogP contribution >= 0.6 is 12.2 Å². The first-order chi connectivity index (χ1) is 16.5. The van der Waals surface area contributed by atoms with E-state index in [4.69, 9.17) is 26.4 Å². The van der Waals surface area contributed by atoms with Gasteiger partial charge in [0.15, 0.2) is 28.1 Å². The number of ether oxygens (including phenoxy) is 3. The molecule has 180 valence electrons. The minimum atomic E-state index is 0.387. The number of anilines is 3. The van der Waals surface area contributed by atoms with Gasteiger partial charge in [-0.3, -0.25) is 0 Å². The van der Waals surface area contributed by atoms with Crippen LogP contribution in [-0.2, 0) is 0 Å². The molecule has 1 aliphatic heterocycles. The third kappa shape index (κ3) is 5.54. The van der Waals surface area contributed by atoms with Gasteiger partial charge in [-0.1, -0.05) is 0 Å². The van der Waals surface area contributed by atoms with Crippen molar-refractivity contribution in [2.24, 2.45) is 0 Å². The summed E-state index contributed by atoms with van der Waals surface area (Å²) in [4.78, 5) is 15.2. The Labute approximate surface area is 204 Å². The second kappa shape index (κ2) is 10.7. The number of nitrogens with one attached hydrogen (secondary N) is 4. The van der Waals surface area contributed by atoms with Crippen molar-refractivity contribution in [2.45, 2.75) is 18.9 Å². The fourth-order valence-corrected chi connectivity index (χ4v) is 4.19. The average molecular weight is 485 g/mol. The molecular weight excluding hydrogens is 454 g/mol. The average Bonchev–Trinajstić information content (AvgIpc) is 2.84. The summed E-state index contributed by atoms with van der Waals surface area (Å²) in [6.07, 6.45) is 3.84. The first kappa shape index (κ1) is 23.7. The Morgan fingerprint density at radius 3 is 2.32 bits per heavy atom. The summed E-state index contributed by atoms with van der Waals surface area (Å²) in [6.45, 7) is 2.29. The van der Waals surface area contributed by atoms with Crippen molar-refractivity contribution in [1.29, 1.82) is 0 Å². The Kier molecular flexibility index (Phi) is 7.43. The van der Waals surface area contributed by atoms with E-state index >= 15 is 0 Å². The molecule has 3 heterocycles. The van der Waals surface area contributed by atoms with E-state index < -0.39 is 0 Å². The molecule has 0 atom stereocenters. The van der Waals surface area contributed by atoms with Crippen molar-refractivity contribution in [1.82, 2.24) is 20.3 Å². The molecule has 34 heavy (non-hydrogen) atoms. The van der Waals surface area contributed by atoms with E-state index in [-0.39, 0.29) is 0 Å². The molecule has 4 N–H and O–H groups in total. The lowest BCUT2D eigenvalue weighted by atomic mass is 10.1. The standard InChI is InChI=1S/C23H29N7O3S/c1-30-9-7-14(8-10-30)26-23(34)29-19-6-5-16-22(27-19)28-20(13-24-16)25-15-11-17(31-2)21(33-4)18(12-15)32-3/h5-6,11-14H,7-10H2,1-4H3,(H3,25,26,27,28,29,34)/p+1. The minimum absolute atomic E-state index is 0.387. The van der Waals surface area contributed by atoms with E-state index in [0.29, 0.717) is 56.9 Å². The molecule has 1 fully saturated rings. The zero-order chi connectivity index (χ0) is 24.1. The molecule has 0 amide bonds. The molecule has 0 spiro atoms. The van der Waals surface area contributed by atoms with Gasteiger partial charge in [-0.2, -0.15) is 0 Å². The molecular formula is C23H30N7O3S+. The molecule has 0 unspecified atom stereocenters. The maximum atomic E-state index is 5.50. The largest absolute Gasteiger partial charge is 0.493 e. The third-order valence-electron chi connectivity index (χ3n) is 5.76. The molecule has 4 rings (SSSR count). The van der Waals surface area contributed by atoms with Crippen LogP contribution in [0.1, 0.15) is 12.8 Å². The molecule has 0 radical (unpaired) electrons. The van der Waals surface area contributed by atoms with Gasteiger partial charge in [0.25, 0.3) is 0 Å². The fourth-order valence-electron chi connectivity index (χ4n) is 3.92. The van der Waals surface area contributed by atoms with Gasteiger partial charge in [0.05, 0.1) is 47.7 Å². The number of likely N-dealkylation sites (tertiary alicyclic amines) is 1. The smallest absolute Gasteiger partial charge is 0.203 e. The van der Waals surface area contributed by atoms with Crippen LogP contribution in [0.15, 0.2) is 30.5 Å². The second-order valence-electron chi connectivity index (χ2n) is 8.16. The van der Waals surface area contributed by atoms with E-state index in [1.165, 1.54) is 0 Å². The first-order valence-electron chi connectivity index (χ1n) is 11.1. The lowest BCUT2D eigenvalue weighted by Crippen LogP contribution is -3.10. The number of quaternary nitrogens is 1. The van der Waals surface area contributed by atoms with E-state index in [1.807, 2.05) is 12.1 Å². The van der Waals surface area contributed by atoms with Crippen LogP contribution < -0.4 is 35.1 Å². The predicted molar refractivity (Wildman–Crippen MR) is 136 cm³/mol. The van der Waals surface area contributed by atoms with Crippen molar-refractivity contribution in [2.75, 3.05) is 52.1 Å². The van der Waals surface area contributed by atoms with Crippen molar-refractivity contribution < 1.29 is 19.1 Å². The molecule has 3 aromatic rings. The highest BCUT2D eigenvalue weighted by Crippen LogP contribution is 2.40. The van der Waals surface area contributed by atoms with Gasteiger partial charge in [0, 0.05) is 36.7 Å². The van der Waals surface area contributed by atoms with Gasteiger partial charge in [-0.25, -0.2) is 15.0 Å². The van der Waals surface area contributed by atoms with Gasteiger partial charge in [-0.15, -0.1) is 0 Å². The number of methoxy groups -OCH3 is 3. The minimum Gasteiger partial charge on any atom is -0.493 e. The molecule has 2 aromatic heterocycles. The fraction of sp³-hybridized carbons (Fsp3) is 0.391. The second-order valence-corrected chi connectivity index (χ2v) is 8.57. The maximum Gasteiger partial charge on any atom is 0.203 e. The van der Waals surface area contributed by atoms with Crippen molar-refractivity contribution >= 4 is 45.8 Å². The molecule has 0 bridgehead atoms. The zero-order valence-corrected chi connectivity index (χ0v) is 20.6. The molecule has 1 saturated heterocycles. The Balaban J connectivity index is 1.49. The number of pyridine rings is 1. The molecule has 10 nitrogen and oxygen atoms in total. The van der Waals surface area contributed by atoms with Crippen LogP contribution in [0.25, 0.3) is 11.2 Å². The normalized spacial score (nSPS) is 17.6. The van der Waals surface area contributed by atoms with Crippen LogP contribution in [0.5, 0.6) is 17.2 Å². The van der Waals surface area contributed by atoms with Crippen LogP contribution in [-0.4, -0.2) is 67.6 Å². The van der Waals surface area contributed by atoms with Crippen molar-refractivity contribution in [3.8, 4) is 17.2 Å². The SMILES string of the molecule is COc1cc(Nc2cnc3ccc(NC(=S)NC4CC[NH+](C)CC4)nc3n2)cc(OC)c1OC. The Morgan fingerprint density at radius 1 is 1.00 bits per heavy atom. The molecule has 1 aromatic carbocycles. The quantitative estimate of drug-likeness (QED) is 0.371. The van der Waals surface area contributed by atoms with Crippen LogP contribution in [0, 0.1) is 0 Å². The van der Waals surface area contributed by atoms with E-state index in [2.05, 4.69) is 37.9 Å². The lowest BCUT2D eigenvalue weighted by Gasteiger charge is -2.28. The molecule has 11 heteroatoms. The summed E-state index contributed by atoms with van der Waals surface area (Å²) in [5, 5.41) is 10.4. The van der Waals surface area contributed by atoms with E-state index in [1.54, 1.807) is 44.6 Å². The highest BCUT2D eigenvalue weighted by molar-refractivity contribution is 7.80. The topological polar surface area (TPSA) is 107 Å². The maximum absolute atomic E-state index is 5.50. The van der Waals surface area contributed by atoms with Crippen LogP contribution in [0.2, 0.25) is 0 Å². The van der Waals surface area contributed by atoms with Gasteiger partial charge in [0.2, 0.25) is 5.75 Å². The van der Waals surface area contributed by atoms with E-state index in [9.17, 15) is 0 Å². The third-order valence-corrected chi connectivity index (χ3v) is 5.98. The number of thiocarbonyl (C=S) groups is 1. The monoisotopic (exact) mass is 484 g/mol. The predicted octanol–water partition coefficient (Wildman–Crippen LogP) is 1.76. The highest BCUT2D eigenvalue weighted by atomic mass is 32.1. The molecule has 0 aliphatic carbocycles. The van der Waals surface area contributed by atoms with Gasteiger partial charge in [-0.05, 0) is 24.4 Å². The van der Waals surface area contributed by atoms with Gasteiger partial charge >= 0.3 is 0 Å². The number of benzene rings is 1. The number of hydrogen-bond donors (Lipinski definition) is 4. The first-order valence-corrected chi connectivity index (χ1v) is 11.5. The number of fused-ring (bicyclic) bond motifs is 1. The zero-order valence-electron chi connectivity index (χ0n) is 19.8. The van der Waals surface area contributed by atoms with Crippen molar-refractivity contribution in [3.05, 3.63) is 30.5 Å². The number of aromatic nitrogens is 3. The van der Waals surface area contributed by atoms with Gasteiger partial charge in [0.1, 0.15) is 11.3 Å². The van der Waals surface area contributed by atoms with E-state index in [0.717, 1.165) is 25.9 Å². The van der Waals surface area contributed by atoms with Crippen LogP contribution in [0.3, 0.4) is 0 Å². The van der Waals surface area contributed by atoms with Crippen molar-refractivity contribution in [3.63, 3.8) is 0 Å². The summed E-state index contributed by atoms with van der Waals surface area (Å²) in [5.41, 5.74) is 1.88. The molecule has 0 saturated carbocycles. The summed E-state index contributed by atoms with van der Waals surface area (Å²) < 4.78 is 16.2. The summed E-state index contributed by atoms with van der Waals surface area (Å²) >= 11 is 5.50. The Hall–Kier alpha value is -3.44. The highest BCUT2D eigenvalue weighted by Gasteiger charge is 2.20. The van der Waals surface area contributed by atoms with Crippen LogP contribution in [0.4, 0.5) is 17.3 Å². The number of nitrogens with zero attached hydrogens (tertiary/aromatic N) is 3. The Bertz CT molecular complexity index is 1140. The Morgan fingerprint density at radius 2 is 1.68 bits per heavy atom. The van der Waals surface area contributed by atoms with Gasteiger partial charge < -0.3 is 35.1 Å². The number of hydrogen-bond acceptors (Lipinski definition) is 8. The lowest BCUT2D eigenvalue weighted by molar-refractivity contribution is -0.884. The summed E-state index contributed by atoms with van der Waals surface area (Å²) in [5.74, 6) is 2.73. The summed E-state index contributed by atoms with van der Waals surface area (Å²) in [7, 11) is 6.93.